The van der Waals surface area contributed by atoms with Gasteiger partial charge in [0.05, 0.1) is 7.11 Å². The van der Waals surface area contributed by atoms with Crippen molar-refractivity contribution in [2.45, 2.75) is 24.9 Å². The second-order valence-electron chi connectivity index (χ2n) is 6.37. The monoisotopic (exact) mass is 369 g/mol. The zero-order valence-corrected chi connectivity index (χ0v) is 15.1. The molecule has 1 fully saturated rings. The Labute approximate surface area is 157 Å². The van der Waals surface area contributed by atoms with Crippen LogP contribution >= 0.6 is 0 Å². The largest absolute Gasteiger partial charge is 0.493 e. The van der Waals surface area contributed by atoms with Gasteiger partial charge in [0, 0.05) is 17.8 Å². The average molecular weight is 369 g/mol. The van der Waals surface area contributed by atoms with Crippen molar-refractivity contribution in [3.05, 3.63) is 54.1 Å². The molecule has 2 amide bonds. The number of anilines is 1. The maximum atomic E-state index is 12.4. The van der Waals surface area contributed by atoms with Crippen LogP contribution in [0.1, 0.15) is 24.4 Å². The van der Waals surface area contributed by atoms with Crippen LogP contribution in [0.5, 0.6) is 11.5 Å². The van der Waals surface area contributed by atoms with Crippen LogP contribution in [0, 0.1) is 0 Å². The van der Waals surface area contributed by atoms with Crippen molar-refractivity contribution in [2.75, 3.05) is 19.0 Å². The molecule has 142 valence electrons. The molecule has 1 aliphatic rings. The first-order chi connectivity index (χ1) is 13.1. The van der Waals surface area contributed by atoms with Gasteiger partial charge in [0.2, 0.25) is 5.91 Å². The van der Waals surface area contributed by atoms with E-state index in [-0.39, 0.29) is 24.5 Å². The number of hydrogen-bond donors (Lipinski definition) is 3. The van der Waals surface area contributed by atoms with Gasteiger partial charge in [0.25, 0.3) is 5.91 Å². The molecular weight excluding hydrogens is 346 g/mol. The number of benzene rings is 2. The van der Waals surface area contributed by atoms with Crippen LogP contribution in [0.4, 0.5) is 5.69 Å². The van der Waals surface area contributed by atoms with Crippen LogP contribution in [0.2, 0.25) is 0 Å². The number of carbonyl (C=O) groups is 2. The highest BCUT2D eigenvalue weighted by Crippen LogP contribution is 2.30. The summed E-state index contributed by atoms with van der Waals surface area (Å²) in [5.41, 5.74) is 7.23. The summed E-state index contributed by atoms with van der Waals surface area (Å²) in [5, 5.41) is 5.61. The number of nitrogens with two attached hydrogens (primary N) is 1. The first kappa shape index (κ1) is 18.7. The van der Waals surface area contributed by atoms with Gasteiger partial charge in [-0.3, -0.25) is 9.59 Å². The van der Waals surface area contributed by atoms with Crippen LogP contribution in [-0.4, -0.2) is 31.6 Å². The van der Waals surface area contributed by atoms with E-state index in [1.165, 1.54) is 7.11 Å². The Morgan fingerprint density at radius 2 is 1.89 bits per heavy atom. The molecular formula is C20H23N3O4. The van der Waals surface area contributed by atoms with Gasteiger partial charge in [-0.25, -0.2) is 0 Å². The fourth-order valence-corrected chi connectivity index (χ4v) is 2.54. The summed E-state index contributed by atoms with van der Waals surface area (Å²) >= 11 is 0. The molecule has 4 N–H and O–H groups in total. The molecule has 1 atom stereocenters. The van der Waals surface area contributed by atoms with E-state index >= 15 is 0 Å². The minimum Gasteiger partial charge on any atom is -0.493 e. The van der Waals surface area contributed by atoms with Gasteiger partial charge >= 0.3 is 0 Å². The van der Waals surface area contributed by atoms with E-state index in [4.69, 9.17) is 15.2 Å². The van der Waals surface area contributed by atoms with Crippen molar-refractivity contribution in [3.8, 4) is 11.5 Å². The number of carbonyl (C=O) groups excluding carboxylic acids is 2. The fraction of sp³-hybridized carbons (Fsp3) is 0.300. The number of nitrogens with one attached hydrogen (secondary N) is 2. The molecule has 0 heterocycles. The SMILES string of the molecule is COc1ccc(NC(=O)C(N)c2ccccc2)cc1OCC(=O)NC1CC1. The van der Waals surface area contributed by atoms with Crippen LogP contribution < -0.4 is 25.8 Å². The average Bonchev–Trinajstić information content (AvgIpc) is 3.50. The first-order valence-electron chi connectivity index (χ1n) is 8.78. The van der Waals surface area contributed by atoms with Gasteiger partial charge in [0.15, 0.2) is 18.1 Å². The van der Waals surface area contributed by atoms with E-state index in [0.29, 0.717) is 17.2 Å². The topological polar surface area (TPSA) is 103 Å². The van der Waals surface area contributed by atoms with Crippen LogP contribution in [0.15, 0.2) is 48.5 Å². The number of hydrogen-bond acceptors (Lipinski definition) is 5. The van der Waals surface area contributed by atoms with Crippen molar-refractivity contribution < 1.29 is 19.1 Å². The Morgan fingerprint density at radius 3 is 2.56 bits per heavy atom. The Bertz CT molecular complexity index is 806. The van der Waals surface area contributed by atoms with E-state index in [0.717, 1.165) is 18.4 Å². The minimum absolute atomic E-state index is 0.117. The van der Waals surface area contributed by atoms with E-state index in [9.17, 15) is 9.59 Å². The van der Waals surface area contributed by atoms with Crippen molar-refractivity contribution >= 4 is 17.5 Å². The zero-order chi connectivity index (χ0) is 19.2. The number of ether oxygens (including phenoxy) is 2. The van der Waals surface area contributed by atoms with Crippen molar-refractivity contribution in [1.29, 1.82) is 0 Å². The molecule has 0 radical (unpaired) electrons. The van der Waals surface area contributed by atoms with E-state index in [1.807, 2.05) is 18.2 Å². The molecule has 1 saturated carbocycles. The van der Waals surface area contributed by atoms with E-state index in [1.54, 1.807) is 30.3 Å². The summed E-state index contributed by atoms with van der Waals surface area (Å²) in [6.45, 7) is -0.117. The Hall–Kier alpha value is -3.06. The highest BCUT2D eigenvalue weighted by atomic mass is 16.5. The Balaban J connectivity index is 1.64. The molecule has 0 aliphatic heterocycles. The third kappa shape index (κ3) is 5.21. The Morgan fingerprint density at radius 1 is 1.15 bits per heavy atom. The number of methoxy groups -OCH3 is 1. The molecule has 0 aromatic heterocycles. The summed E-state index contributed by atoms with van der Waals surface area (Å²) in [4.78, 5) is 24.2. The maximum Gasteiger partial charge on any atom is 0.258 e. The predicted molar refractivity (Wildman–Crippen MR) is 102 cm³/mol. The maximum absolute atomic E-state index is 12.4. The molecule has 1 aliphatic carbocycles. The van der Waals surface area contributed by atoms with Crippen LogP contribution in [-0.2, 0) is 9.59 Å². The summed E-state index contributed by atoms with van der Waals surface area (Å²) in [7, 11) is 1.51. The molecule has 27 heavy (non-hydrogen) atoms. The van der Waals surface area contributed by atoms with Crippen molar-refractivity contribution in [2.24, 2.45) is 5.73 Å². The van der Waals surface area contributed by atoms with Crippen LogP contribution in [0.3, 0.4) is 0 Å². The molecule has 0 bridgehead atoms. The second kappa shape index (κ2) is 8.55. The molecule has 2 aromatic rings. The lowest BCUT2D eigenvalue weighted by Crippen LogP contribution is -2.30. The van der Waals surface area contributed by atoms with Crippen LogP contribution in [0.25, 0.3) is 0 Å². The smallest absolute Gasteiger partial charge is 0.258 e. The molecule has 0 spiro atoms. The standard InChI is InChI=1S/C20H23N3O4/c1-26-16-10-9-15(11-17(16)27-12-18(24)22-14-7-8-14)23-20(25)19(21)13-5-3-2-4-6-13/h2-6,9-11,14,19H,7-8,12,21H2,1H3,(H,22,24)(H,23,25). The zero-order valence-electron chi connectivity index (χ0n) is 15.1. The molecule has 7 heteroatoms. The normalized spacial score (nSPS) is 14.1. The number of amides is 2. The van der Waals surface area contributed by atoms with Gasteiger partial charge in [-0.1, -0.05) is 30.3 Å². The van der Waals surface area contributed by atoms with Gasteiger partial charge in [-0.15, -0.1) is 0 Å². The van der Waals surface area contributed by atoms with Crippen molar-refractivity contribution in [1.82, 2.24) is 5.32 Å². The molecule has 1 unspecified atom stereocenters. The van der Waals surface area contributed by atoms with Gasteiger partial charge in [-0.2, -0.15) is 0 Å². The summed E-state index contributed by atoms with van der Waals surface area (Å²) in [6.07, 6.45) is 2.02. The lowest BCUT2D eigenvalue weighted by atomic mass is 10.1. The highest BCUT2D eigenvalue weighted by molar-refractivity contribution is 5.95. The lowest BCUT2D eigenvalue weighted by molar-refractivity contribution is -0.123. The van der Waals surface area contributed by atoms with Gasteiger partial charge in [-0.05, 0) is 30.5 Å². The van der Waals surface area contributed by atoms with Gasteiger partial charge in [0.1, 0.15) is 6.04 Å². The molecule has 2 aromatic carbocycles. The summed E-state index contributed by atoms with van der Waals surface area (Å²) in [5.74, 6) is 0.318. The Kier molecular flexibility index (Phi) is 5.93. The molecule has 0 saturated heterocycles. The summed E-state index contributed by atoms with van der Waals surface area (Å²) < 4.78 is 10.8. The second-order valence-corrected chi connectivity index (χ2v) is 6.37. The van der Waals surface area contributed by atoms with E-state index in [2.05, 4.69) is 10.6 Å². The van der Waals surface area contributed by atoms with E-state index < -0.39 is 6.04 Å². The van der Waals surface area contributed by atoms with Gasteiger partial charge < -0.3 is 25.8 Å². The highest BCUT2D eigenvalue weighted by Gasteiger charge is 2.23. The fourth-order valence-electron chi connectivity index (χ4n) is 2.54. The lowest BCUT2D eigenvalue weighted by Gasteiger charge is -2.15. The predicted octanol–water partition coefficient (Wildman–Crippen LogP) is 1.99. The minimum atomic E-state index is -0.790. The third-order valence-corrected chi connectivity index (χ3v) is 4.17. The first-order valence-corrected chi connectivity index (χ1v) is 8.78. The summed E-state index contributed by atoms with van der Waals surface area (Å²) in [6, 6.07) is 13.6. The molecule has 3 rings (SSSR count). The quantitative estimate of drug-likeness (QED) is 0.660. The molecule has 7 nitrogen and oxygen atoms in total. The third-order valence-electron chi connectivity index (χ3n) is 4.17. The number of rotatable bonds is 8. The van der Waals surface area contributed by atoms with Crippen molar-refractivity contribution in [3.63, 3.8) is 0 Å².